The topological polar surface area (TPSA) is 29.5 Å². The smallest absolute Gasteiger partial charge is 0.118 e. The van der Waals surface area contributed by atoms with E-state index in [0.717, 1.165) is 24.5 Å². The summed E-state index contributed by atoms with van der Waals surface area (Å²) in [4.78, 5) is 0. The highest BCUT2D eigenvalue weighted by atomic mass is 16.5. The lowest BCUT2D eigenvalue weighted by atomic mass is 9.94. The van der Waals surface area contributed by atoms with E-state index < -0.39 is 0 Å². The molecule has 0 radical (unpaired) electrons. The van der Waals surface area contributed by atoms with Crippen molar-refractivity contribution < 1.29 is 9.84 Å². The van der Waals surface area contributed by atoms with E-state index in [0.29, 0.717) is 5.92 Å². The molecule has 0 bridgehead atoms. The molecule has 1 N–H and O–H groups in total. The van der Waals surface area contributed by atoms with Crippen LogP contribution in [0.3, 0.4) is 0 Å². The summed E-state index contributed by atoms with van der Waals surface area (Å²) < 4.78 is 5.14. The van der Waals surface area contributed by atoms with Gasteiger partial charge < -0.3 is 9.84 Å². The van der Waals surface area contributed by atoms with Crippen LogP contribution < -0.4 is 4.74 Å². The fourth-order valence-electron chi connectivity index (χ4n) is 2.94. The maximum atomic E-state index is 10.2. The first-order valence-corrected chi connectivity index (χ1v) is 7.00. The van der Waals surface area contributed by atoms with E-state index in [2.05, 4.69) is 19.1 Å². The molecule has 2 nitrogen and oxygen atoms in total. The second-order valence-corrected chi connectivity index (χ2v) is 5.63. The normalized spacial score (nSPS) is 25.1. The molecule has 1 aliphatic rings. The molecule has 1 aromatic rings. The molecule has 0 spiro atoms. The fourth-order valence-corrected chi connectivity index (χ4v) is 2.94. The lowest BCUT2D eigenvalue weighted by molar-refractivity contribution is 0.100. The Labute approximate surface area is 110 Å². The lowest BCUT2D eigenvalue weighted by Gasteiger charge is -2.17. The molecule has 0 aliphatic heterocycles. The van der Waals surface area contributed by atoms with Gasteiger partial charge in [-0.2, -0.15) is 0 Å². The third kappa shape index (κ3) is 3.49. The Bertz CT molecular complexity index is 358. The van der Waals surface area contributed by atoms with Gasteiger partial charge in [-0.1, -0.05) is 25.5 Å². The summed E-state index contributed by atoms with van der Waals surface area (Å²) in [7, 11) is 1.68. The van der Waals surface area contributed by atoms with Gasteiger partial charge >= 0.3 is 0 Å². The third-order valence-corrected chi connectivity index (χ3v) is 4.17. The van der Waals surface area contributed by atoms with Crippen molar-refractivity contribution in [1.29, 1.82) is 0 Å². The Hall–Kier alpha value is -1.02. The number of hydrogen-bond donors (Lipinski definition) is 1. The van der Waals surface area contributed by atoms with Gasteiger partial charge in [-0.15, -0.1) is 0 Å². The molecule has 1 fully saturated rings. The molecule has 3 atom stereocenters. The van der Waals surface area contributed by atoms with Crippen molar-refractivity contribution in [2.45, 2.75) is 45.1 Å². The minimum Gasteiger partial charge on any atom is -0.497 e. The van der Waals surface area contributed by atoms with E-state index in [-0.39, 0.29) is 6.10 Å². The fraction of sp³-hybridized carbons (Fsp3) is 0.625. The van der Waals surface area contributed by atoms with Crippen molar-refractivity contribution in [3.8, 4) is 5.75 Å². The number of rotatable bonds is 5. The standard InChI is InChI=1S/C16H24O2/c1-12-3-7-14(11-12)16(17)10-6-13-4-8-15(18-2)9-5-13/h4-5,8-9,12,14,16-17H,3,6-7,10-11H2,1-2H3. The van der Waals surface area contributed by atoms with Crippen LogP contribution in [0, 0.1) is 11.8 Å². The van der Waals surface area contributed by atoms with Crippen molar-refractivity contribution in [2.75, 3.05) is 7.11 Å². The van der Waals surface area contributed by atoms with Gasteiger partial charge in [0, 0.05) is 0 Å². The van der Waals surface area contributed by atoms with E-state index in [1.807, 2.05) is 12.1 Å². The van der Waals surface area contributed by atoms with Gasteiger partial charge in [-0.25, -0.2) is 0 Å². The summed E-state index contributed by atoms with van der Waals surface area (Å²) in [5.41, 5.74) is 1.28. The maximum absolute atomic E-state index is 10.2. The second-order valence-electron chi connectivity index (χ2n) is 5.63. The molecule has 0 heterocycles. The van der Waals surface area contributed by atoms with Gasteiger partial charge in [0.15, 0.2) is 0 Å². The number of benzene rings is 1. The number of aliphatic hydroxyl groups excluding tert-OH is 1. The van der Waals surface area contributed by atoms with Gasteiger partial charge in [-0.3, -0.25) is 0 Å². The number of methoxy groups -OCH3 is 1. The van der Waals surface area contributed by atoms with Crippen LogP contribution in [0.1, 0.15) is 38.2 Å². The monoisotopic (exact) mass is 248 g/mol. The molecule has 3 unspecified atom stereocenters. The molecule has 1 saturated carbocycles. The molecule has 100 valence electrons. The van der Waals surface area contributed by atoms with E-state index in [9.17, 15) is 5.11 Å². The number of hydrogen-bond acceptors (Lipinski definition) is 2. The largest absolute Gasteiger partial charge is 0.497 e. The lowest BCUT2D eigenvalue weighted by Crippen LogP contribution is -2.18. The summed E-state index contributed by atoms with van der Waals surface area (Å²) in [5, 5.41) is 10.2. The number of aliphatic hydroxyl groups is 1. The van der Waals surface area contributed by atoms with Crippen LogP contribution in [0.2, 0.25) is 0 Å². The second kappa shape index (κ2) is 6.24. The molecule has 1 aliphatic carbocycles. The molecule has 18 heavy (non-hydrogen) atoms. The van der Waals surface area contributed by atoms with Crippen LogP contribution in [0.4, 0.5) is 0 Å². The minimum absolute atomic E-state index is 0.128. The van der Waals surface area contributed by atoms with Crippen LogP contribution in [-0.4, -0.2) is 18.3 Å². The third-order valence-electron chi connectivity index (χ3n) is 4.17. The highest BCUT2D eigenvalue weighted by molar-refractivity contribution is 5.27. The predicted octanol–water partition coefficient (Wildman–Crippen LogP) is 3.42. The molecule has 1 aromatic carbocycles. The van der Waals surface area contributed by atoms with Gasteiger partial charge in [0.2, 0.25) is 0 Å². The Kier molecular flexibility index (Phi) is 4.65. The quantitative estimate of drug-likeness (QED) is 0.865. The van der Waals surface area contributed by atoms with E-state index in [1.165, 1.54) is 24.8 Å². The predicted molar refractivity (Wildman–Crippen MR) is 73.8 cm³/mol. The van der Waals surface area contributed by atoms with Crippen molar-refractivity contribution >= 4 is 0 Å². The highest BCUT2D eigenvalue weighted by Crippen LogP contribution is 2.33. The van der Waals surface area contributed by atoms with Crippen LogP contribution in [0.5, 0.6) is 5.75 Å². The average Bonchev–Trinajstić information content (AvgIpc) is 2.83. The molecule has 0 aromatic heterocycles. The van der Waals surface area contributed by atoms with Gasteiger partial charge in [0.05, 0.1) is 13.2 Å². The van der Waals surface area contributed by atoms with Crippen LogP contribution in [-0.2, 0) is 6.42 Å². The summed E-state index contributed by atoms with van der Waals surface area (Å²) in [6, 6.07) is 8.14. The van der Waals surface area contributed by atoms with Gasteiger partial charge in [0.1, 0.15) is 5.75 Å². The highest BCUT2D eigenvalue weighted by Gasteiger charge is 2.27. The van der Waals surface area contributed by atoms with Gasteiger partial charge in [-0.05, 0) is 55.2 Å². The first kappa shape index (κ1) is 13.4. The summed E-state index contributed by atoms with van der Waals surface area (Å²) in [5.74, 6) is 2.22. The Morgan fingerprint density at radius 3 is 2.56 bits per heavy atom. The summed E-state index contributed by atoms with van der Waals surface area (Å²) >= 11 is 0. The minimum atomic E-state index is -0.128. The van der Waals surface area contributed by atoms with Crippen molar-refractivity contribution in [3.05, 3.63) is 29.8 Å². The van der Waals surface area contributed by atoms with Crippen LogP contribution in [0.25, 0.3) is 0 Å². The molecule has 2 rings (SSSR count). The SMILES string of the molecule is COc1ccc(CCC(O)C2CCC(C)C2)cc1. The summed E-state index contributed by atoms with van der Waals surface area (Å²) in [6.07, 6.45) is 5.38. The zero-order valence-corrected chi connectivity index (χ0v) is 11.4. The van der Waals surface area contributed by atoms with Crippen molar-refractivity contribution in [1.82, 2.24) is 0 Å². The molecule has 0 amide bonds. The molecular weight excluding hydrogens is 224 g/mol. The Balaban J connectivity index is 1.79. The molecule has 0 saturated heterocycles. The molecule has 2 heteroatoms. The van der Waals surface area contributed by atoms with Gasteiger partial charge in [0.25, 0.3) is 0 Å². The van der Waals surface area contributed by atoms with Crippen molar-refractivity contribution in [2.24, 2.45) is 11.8 Å². The number of aryl methyl sites for hydroxylation is 1. The van der Waals surface area contributed by atoms with E-state index in [1.54, 1.807) is 7.11 Å². The van der Waals surface area contributed by atoms with Crippen molar-refractivity contribution in [3.63, 3.8) is 0 Å². The Morgan fingerprint density at radius 1 is 1.28 bits per heavy atom. The molecular formula is C16H24O2. The maximum Gasteiger partial charge on any atom is 0.118 e. The van der Waals surface area contributed by atoms with Crippen LogP contribution >= 0.6 is 0 Å². The Morgan fingerprint density at radius 2 is 2.00 bits per heavy atom. The first-order valence-electron chi connectivity index (χ1n) is 7.00. The first-order chi connectivity index (χ1) is 8.69. The van der Waals surface area contributed by atoms with Crippen LogP contribution in [0.15, 0.2) is 24.3 Å². The number of ether oxygens (including phenoxy) is 1. The van der Waals surface area contributed by atoms with E-state index >= 15 is 0 Å². The average molecular weight is 248 g/mol. The van der Waals surface area contributed by atoms with E-state index in [4.69, 9.17) is 4.74 Å². The zero-order chi connectivity index (χ0) is 13.0. The zero-order valence-electron chi connectivity index (χ0n) is 11.4. The summed E-state index contributed by atoms with van der Waals surface area (Å²) in [6.45, 7) is 2.29.